The molecular weight excluding hydrogens is 677 g/mol. The number of thiophene rings is 1. The quantitative estimate of drug-likeness (QED) is 0.170. The fraction of sp³-hybridized carbons (Fsp3) is 0.429. The number of carbonyl (C=O) groups excluding carboxylic acids is 1. The number of halogens is 5. The van der Waals surface area contributed by atoms with Crippen molar-refractivity contribution in [2.45, 2.75) is 63.3 Å². The Kier molecular flexibility index (Phi) is 8.38. The number of hydrogen-bond donors (Lipinski definition) is 1. The molecule has 3 aliphatic heterocycles. The third kappa shape index (κ3) is 5.40. The van der Waals surface area contributed by atoms with Gasteiger partial charge >= 0.3 is 12.2 Å². The van der Waals surface area contributed by atoms with E-state index in [2.05, 4.69) is 21.4 Å². The van der Waals surface area contributed by atoms with E-state index in [4.69, 9.17) is 10.5 Å². The number of aromatic nitrogens is 2. The summed E-state index contributed by atoms with van der Waals surface area (Å²) >= 11 is 0.701. The standard InChI is InChI=1S/C35H34F5N7O2S/c1-4-25(48)46-15-19(3)47(16-18(46)2)32-21-13-23(35(38,39)40)27(20-7-8-24(36)30-26(20)22(14-41)31(42)50-30)28(37)29(21)43-33(44-32)49-17-34-9-5-11-45(34)12-6-10-34/h4,7-8,13,18-19H,1,5-6,9-12,15-17,42H2,2-3H3/t18?,19-/m0/s1. The summed E-state index contributed by atoms with van der Waals surface area (Å²) in [5.74, 6) is -2.39. The van der Waals surface area contributed by atoms with Crippen LogP contribution < -0.4 is 15.4 Å². The van der Waals surface area contributed by atoms with Gasteiger partial charge in [0, 0.05) is 41.5 Å². The van der Waals surface area contributed by atoms with Crippen LogP contribution in [0.5, 0.6) is 6.01 Å². The molecule has 1 unspecified atom stereocenters. The van der Waals surface area contributed by atoms with Crippen LogP contribution in [0, 0.1) is 23.0 Å². The van der Waals surface area contributed by atoms with Crippen LogP contribution >= 0.6 is 11.3 Å². The van der Waals surface area contributed by atoms with Gasteiger partial charge in [0.25, 0.3) is 0 Å². The summed E-state index contributed by atoms with van der Waals surface area (Å²) in [6, 6.07) is 3.57. The minimum atomic E-state index is -5.09. The maximum absolute atomic E-state index is 17.1. The maximum atomic E-state index is 17.1. The largest absolute Gasteiger partial charge is 0.461 e. The van der Waals surface area contributed by atoms with E-state index >= 15 is 17.6 Å². The predicted molar refractivity (Wildman–Crippen MR) is 181 cm³/mol. The number of nitriles is 1. The monoisotopic (exact) mass is 711 g/mol. The third-order valence-corrected chi connectivity index (χ3v) is 11.4. The highest BCUT2D eigenvalue weighted by Crippen LogP contribution is 2.48. The van der Waals surface area contributed by atoms with E-state index in [0.717, 1.165) is 57.0 Å². The van der Waals surface area contributed by atoms with Gasteiger partial charge in [0.15, 0.2) is 5.82 Å². The molecule has 3 saturated heterocycles. The Balaban J connectivity index is 1.46. The molecule has 0 bridgehead atoms. The lowest BCUT2D eigenvalue weighted by Gasteiger charge is -2.44. The summed E-state index contributed by atoms with van der Waals surface area (Å²) in [5, 5.41) is 9.32. The van der Waals surface area contributed by atoms with Crippen molar-refractivity contribution < 1.29 is 31.5 Å². The number of alkyl halides is 3. The second-order valence-corrected chi connectivity index (χ2v) is 14.4. The number of nitrogen functional groups attached to an aromatic ring is 1. The van der Waals surface area contributed by atoms with Gasteiger partial charge in [-0.15, -0.1) is 11.3 Å². The lowest BCUT2D eigenvalue weighted by atomic mass is 9.92. The van der Waals surface area contributed by atoms with Gasteiger partial charge in [-0.05, 0) is 76.4 Å². The van der Waals surface area contributed by atoms with Crippen molar-refractivity contribution in [2.75, 3.05) is 43.4 Å². The van der Waals surface area contributed by atoms with Crippen LogP contribution in [0.3, 0.4) is 0 Å². The lowest BCUT2D eigenvalue weighted by Crippen LogP contribution is -2.58. The predicted octanol–water partition coefficient (Wildman–Crippen LogP) is 6.88. The Hall–Kier alpha value is -4.55. The maximum Gasteiger partial charge on any atom is 0.417 e. The number of rotatable bonds is 6. The van der Waals surface area contributed by atoms with Crippen molar-refractivity contribution in [3.8, 4) is 23.2 Å². The molecule has 1 amide bonds. The number of piperazine rings is 1. The Morgan fingerprint density at radius 2 is 1.90 bits per heavy atom. The Bertz CT molecular complexity index is 2080. The summed E-state index contributed by atoms with van der Waals surface area (Å²) in [4.78, 5) is 27.3. The Morgan fingerprint density at radius 1 is 1.18 bits per heavy atom. The zero-order chi connectivity index (χ0) is 35.7. The first-order valence-corrected chi connectivity index (χ1v) is 17.2. The summed E-state index contributed by atoms with van der Waals surface area (Å²) in [6.45, 7) is 9.63. The molecule has 2 aromatic carbocycles. The number of nitrogens with two attached hydrogens (primary N) is 1. The van der Waals surface area contributed by atoms with E-state index in [1.54, 1.807) is 23.6 Å². The van der Waals surface area contributed by atoms with E-state index < -0.39 is 40.5 Å². The molecule has 2 N–H and O–H groups in total. The van der Waals surface area contributed by atoms with Crippen LogP contribution in [0.25, 0.3) is 32.1 Å². The second kappa shape index (κ2) is 12.3. The highest BCUT2D eigenvalue weighted by Gasteiger charge is 2.45. The van der Waals surface area contributed by atoms with E-state index in [0.29, 0.717) is 11.3 Å². The van der Waals surface area contributed by atoms with Crippen molar-refractivity contribution in [1.29, 1.82) is 5.26 Å². The fourth-order valence-electron chi connectivity index (χ4n) is 7.98. The van der Waals surface area contributed by atoms with Crippen molar-refractivity contribution in [1.82, 2.24) is 19.8 Å². The molecule has 3 fully saturated rings. The van der Waals surface area contributed by atoms with E-state index in [1.807, 2.05) is 6.07 Å². The van der Waals surface area contributed by atoms with Gasteiger partial charge in [0.05, 0.1) is 21.4 Å². The highest BCUT2D eigenvalue weighted by molar-refractivity contribution is 7.23. The third-order valence-electron chi connectivity index (χ3n) is 10.4. The SMILES string of the molecule is C=CC(=O)N1C[C@H](C)N(c2nc(OCC34CCCN3CCC4)nc3c(F)c(-c4ccc(F)c5sc(N)c(C#N)c45)c(C(F)(F)F)cc23)CC1C. The molecular formula is C35H34F5N7O2S. The van der Waals surface area contributed by atoms with Gasteiger partial charge in [-0.25, -0.2) is 8.78 Å². The number of carbonyl (C=O) groups is 1. The Labute approximate surface area is 288 Å². The molecule has 2 atom stereocenters. The zero-order valence-corrected chi connectivity index (χ0v) is 28.2. The van der Waals surface area contributed by atoms with Crippen molar-refractivity contribution in [2.24, 2.45) is 0 Å². The molecule has 9 nitrogen and oxygen atoms in total. The smallest absolute Gasteiger partial charge is 0.417 e. The average Bonchev–Trinajstić information content (AvgIpc) is 3.76. The minimum absolute atomic E-state index is 0.0277. The number of fused-ring (bicyclic) bond motifs is 3. The van der Waals surface area contributed by atoms with Gasteiger partial charge in [-0.3, -0.25) is 9.69 Å². The molecule has 15 heteroatoms. The topological polar surface area (TPSA) is 112 Å². The van der Waals surface area contributed by atoms with Crippen molar-refractivity contribution in [3.05, 3.63) is 53.6 Å². The van der Waals surface area contributed by atoms with Gasteiger partial charge in [-0.1, -0.05) is 12.6 Å². The summed E-state index contributed by atoms with van der Waals surface area (Å²) in [5.41, 5.74) is 2.49. The van der Waals surface area contributed by atoms with Crippen LogP contribution in [0.4, 0.5) is 32.8 Å². The van der Waals surface area contributed by atoms with Crippen LogP contribution in [-0.2, 0) is 11.0 Å². The first-order chi connectivity index (χ1) is 23.8. The number of anilines is 2. The number of hydrogen-bond acceptors (Lipinski definition) is 9. The molecule has 0 saturated carbocycles. The fourth-order valence-corrected chi connectivity index (χ4v) is 8.93. The molecule has 0 spiro atoms. The first-order valence-electron chi connectivity index (χ1n) is 16.4. The van der Waals surface area contributed by atoms with E-state index in [9.17, 15) is 14.4 Å². The van der Waals surface area contributed by atoms with Crippen LogP contribution in [-0.4, -0.2) is 76.1 Å². The molecule has 5 heterocycles. The van der Waals surface area contributed by atoms with E-state index in [1.165, 1.54) is 6.08 Å². The van der Waals surface area contributed by atoms with Crippen LogP contribution in [0.2, 0.25) is 0 Å². The molecule has 2 aromatic heterocycles. The number of ether oxygens (including phenoxy) is 1. The lowest BCUT2D eigenvalue weighted by molar-refractivity contribution is -0.137. The highest BCUT2D eigenvalue weighted by atomic mass is 32.1. The van der Waals surface area contributed by atoms with E-state index in [-0.39, 0.29) is 80.6 Å². The van der Waals surface area contributed by atoms with Gasteiger partial charge in [-0.2, -0.15) is 28.4 Å². The molecule has 0 radical (unpaired) electrons. The second-order valence-electron chi connectivity index (χ2n) is 13.3. The number of nitrogens with zero attached hydrogens (tertiary/aromatic N) is 6. The van der Waals surface area contributed by atoms with Gasteiger partial charge in [0.1, 0.15) is 34.8 Å². The molecule has 50 heavy (non-hydrogen) atoms. The minimum Gasteiger partial charge on any atom is -0.461 e. The average molecular weight is 712 g/mol. The molecule has 4 aromatic rings. The van der Waals surface area contributed by atoms with Crippen LogP contribution in [0.1, 0.15) is 50.7 Å². The molecule has 3 aliphatic rings. The summed E-state index contributed by atoms with van der Waals surface area (Å²) in [6.07, 6.45) is -0.0811. The van der Waals surface area contributed by atoms with Crippen molar-refractivity contribution >= 4 is 49.1 Å². The zero-order valence-electron chi connectivity index (χ0n) is 27.4. The normalized spacial score (nSPS) is 20.8. The van der Waals surface area contributed by atoms with Crippen LogP contribution in [0.15, 0.2) is 30.9 Å². The molecule has 0 aliphatic carbocycles. The van der Waals surface area contributed by atoms with Gasteiger partial charge < -0.3 is 20.3 Å². The number of benzene rings is 2. The molecule has 262 valence electrons. The van der Waals surface area contributed by atoms with Gasteiger partial charge in [0.2, 0.25) is 5.91 Å². The summed E-state index contributed by atoms with van der Waals surface area (Å²) < 4.78 is 83.2. The number of amides is 1. The molecule has 7 rings (SSSR count). The first kappa shape index (κ1) is 33.9. The Morgan fingerprint density at radius 3 is 2.56 bits per heavy atom. The van der Waals surface area contributed by atoms with Crippen molar-refractivity contribution in [3.63, 3.8) is 0 Å². The summed E-state index contributed by atoms with van der Waals surface area (Å²) in [7, 11) is 0.